The Balaban J connectivity index is 2.23. The predicted octanol–water partition coefficient (Wildman–Crippen LogP) is 1.94. The number of aryl methyl sites for hydroxylation is 1. The molecule has 1 aromatic rings. The Hall–Kier alpha value is -1.29. The van der Waals surface area contributed by atoms with Crippen molar-refractivity contribution in [1.29, 1.82) is 0 Å². The Morgan fingerprint density at radius 3 is 2.89 bits per heavy atom. The van der Waals surface area contributed by atoms with Crippen LogP contribution in [0.5, 0.6) is 0 Å². The fourth-order valence-corrected chi connectivity index (χ4v) is 3.05. The number of aromatic nitrogens is 1. The first-order valence-corrected chi connectivity index (χ1v) is 6.91. The van der Waals surface area contributed by atoms with Gasteiger partial charge in [0.15, 0.2) is 0 Å². The summed E-state index contributed by atoms with van der Waals surface area (Å²) in [6.07, 6.45) is 1.43. The van der Waals surface area contributed by atoms with Crippen LogP contribution in [0.15, 0.2) is 6.07 Å². The molecular weight excluding hydrogens is 240 g/mol. The van der Waals surface area contributed by atoms with Crippen LogP contribution < -0.4 is 5.32 Å². The maximum absolute atomic E-state index is 10.9. The zero-order valence-electron chi connectivity index (χ0n) is 12.3. The first-order valence-electron chi connectivity index (χ1n) is 6.91. The average molecular weight is 264 g/mol. The lowest BCUT2D eigenvalue weighted by Gasteiger charge is -2.34. The van der Waals surface area contributed by atoms with E-state index in [4.69, 9.17) is 0 Å². The molecular formula is C15H24N2O2. The van der Waals surface area contributed by atoms with E-state index >= 15 is 0 Å². The van der Waals surface area contributed by atoms with Crippen molar-refractivity contribution in [2.45, 2.75) is 53.2 Å². The lowest BCUT2D eigenvalue weighted by atomic mass is 9.75. The van der Waals surface area contributed by atoms with Crippen molar-refractivity contribution in [2.24, 2.45) is 5.41 Å². The minimum Gasteiger partial charge on any atom is -0.388 e. The highest BCUT2D eigenvalue weighted by Crippen LogP contribution is 2.41. The quantitative estimate of drug-likeness (QED) is 0.876. The normalized spacial score (nSPS) is 21.0. The molecule has 1 aromatic heterocycles. The summed E-state index contributed by atoms with van der Waals surface area (Å²) in [5.74, 6) is -0.000888. The third-order valence-electron chi connectivity index (χ3n) is 3.91. The molecule has 0 saturated heterocycles. The van der Waals surface area contributed by atoms with Crippen molar-refractivity contribution < 1.29 is 9.90 Å². The third-order valence-corrected chi connectivity index (χ3v) is 3.91. The van der Waals surface area contributed by atoms with Gasteiger partial charge in [0.2, 0.25) is 5.91 Å². The monoisotopic (exact) mass is 264 g/mol. The van der Waals surface area contributed by atoms with Crippen LogP contribution in [0.25, 0.3) is 0 Å². The summed E-state index contributed by atoms with van der Waals surface area (Å²) in [6.45, 7) is 9.38. The Kier molecular flexibility index (Phi) is 3.72. The lowest BCUT2D eigenvalue weighted by Crippen LogP contribution is -2.29. The van der Waals surface area contributed by atoms with Crippen molar-refractivity contribution in [3.05, 3.63) is 23.0 Å². The molecule has 1 amide bonds. The number of hydrogen-bond donors (Lipinski definition) is 2. The molecule has 106 valence electrons. The number of carbonyl (C=O) groups excluding carboxylic acids is 1. The summed E-state index contributed by atoms with van der Waals surface area (Å²) >= 11 is 0. The number of hydrogen-bond acceptors (Lipinski definition) is 2. The number of fused-ring (bicyclic) bond motifs is 1. The van der Waals surface area contributed by atoms with Gasteiger partial charge in [-0.2, -0.15) is 0 Å². The molecule has 0 radical (unpaired) electrons. The number of aliphatic hydroxyl groups is 1. The molecule has 4 nitrogen and oxygen atoms in total. The molecule has 19 heavy (non-hydrogen) atoms. The summed E-state index contributed by atoms with van der Waals surface area (Å²) < 4.78 is 2.23. The van der Waals surface area contributed by atoms with E-state index in [0.29, 0.717) is 6.54 Å². The van der Waals surface area contributed by atoms with E-state index in [1.54, 1.807) is 0 Å². The molecule has 2 N–H and O–H groups in total. The van der Waals surface area contributed by atoms with Gasteiger partial charge in [-0.3, -0.25) is 4.79 Å². The second-order valence-electron chi connectivity index (χ2n) is 6.38. The van der Waals surface area contributed by atoms with Gasteiger partial charge in [0.1, 0.15) is 0 Å². The van der Waals surface area contributed by atoms with Crippen molar-refractivity contribution in [1.82, 2.24) is 9.88 Å². The molecule has 1 aliphatic rings. The van der Waals surface area contributed by atoms with E-state index < -0.39 is 0 Å². The molecule has 1 atom stereocenters. The Morgan fingerprint density at radius 1 is 1.58 bits per heavy atom. The van der Waals surface area contributed by atoms with Gasteiger partial charge in [0.25, 0.3) is 0 Å². The maximum atomic E-state index is 10.9. The minimum atomic E-state index is -0.362. The molecule has 0 spiro atoms. The molecule has 0 aliphatic heterocycles. The minimum absolute atomic E-state index is 0.000888. The fraction of sp³-hybridized carbons (Fsp3) is 0.667. The largest absolute Gasteiger partial charge is 0.388 e. The number of nitrogens with zero attached hydrogens (tertiary/aromatic N) is 1. The smallest absolute Gasteiger partial charge is 0.216 e. The van der Waals surface area contributed by atoms with Gasteiger partial charge in [-0.05, 0) is 31.2 Å². The van der Waals surface area contributed by atoms with Gasteiger partial charge in [-0.15, -0.1) is 0 Å². The first kappa shape index (κ1) is 14.1. The van der Waals surface area contributed by atoms with E-state index in [2.05, 4.69) is 36.7 Å². The summed E-state index contributed by atoms with van der Waals surface area (Å²) in [7, 11) is 0. The van der Waals surface area contributed by atoms with Gasteiger partial charge in [-0.1, -0.05) is 13.8 Å². The topological polar surface area (TPSA) is 54.3 Å². The second-order valence-corrected chi connectivity index (χ2v) is 6.38. The van der Waals surface area contributed by atoms with Crippen molar-refractivity contribution in [3.8, 4) is 0 Å². The van der Waals surface area contributed by atoms with Crippen LogP contribution in [0.4, 0.5) is 0 Å². The van der Waals surface area contributed by atoms with Gasteiger partial charge < -0.3 is 15.0 Å². The lowest BCUT2D eigenvalue weighted by molar-refractivity contribution is -0.118. The van der Waals surface area contributed by atoms with E-state index in [-0.39, 0.29) is 17.4 Å². The summed E-state index contributed by atoms with van der Waals surface area (Å²) in [5, 5.41) is 13.1. The summed E-state index contributed by atoms with van der Waals surface area (Å²) in [4.78, 5) is 10.9. The van der Waals surface area contributed by atoms with E-state index in [1.807, 2.05) is 0 Å². The van der Waals surface area contributed by atoms with Crippen molar-refractivity contribution in [2.75, 3.05) is 6.54 Å². The SMILES string of the molecule is CC(=O)NCCn1c(C)cc2c1CC(C)(C)CC2O. The van der Waals surface area contributed by atoms with E-state index in [1.165, 1.54) is 12.6 Å². The van der Waals surface area contributed by atoms with Crippen molar-refractivity contribution in [3.63, 3.8) is 0 Å². The molecule has 1 heterocycles. The molecule has 0 aromatic carbocycles. The number of nitrogens with one attached hydrogen (secondary N) is 1. The molecule has 1 aliphatic carbocycles. The van der Waals surface area contributed by atoms with Crippen LogP contribution in [0, 0.1) is 12.3 Å². The van der Waals surface area contributed by atoms with Gasteiger partial charge in [0.05, 0.1) is 6.10 Å². The van der Waals surface area contributed by atoms with Gasteiger partial charge in [-0.25, -0.2) is 0 Å². The third kappa shape index (κ3) is 3.00. The Bertz CT molecular complexity index is 489. The fourth-order valence-electron chi connectivity index (χ4n) is 3.05. The second kappa shape index (κ2) is 5.00. The molecule has 4 heteroatoms. The summed E-state index contributed by atoms with van der Waals surface area (Å²) in [5.41, 5.74) is 3.58. The van der Waals surface area contributed by atoms with Crippen LogP contribution in [0.3, 0.4) is 0 Å². The highest BCUT2D eigenvalue weighted by atomic mass is 16.3. The van der Waals surface area contributed by atoms with Crippen LogP contribution in [0.1, 0.15) is 50.2 Å². The number of aliphatic hydroxyl groups excluding tert-OH is 1. The Morgan fingerprint density at radius 2 is 2.26 bits per heavy atom. The standard InChI is InChI=1S/C15H24N2O2/c1-10-7-12-13(8-15(3,4)9-14(12)19)17(10)6-5-16-11(2)18/h7,14,19H,5-6,8-9H2,1-4H3,(H,16,18). The van der Waals surface area contributed by atoms with Gasteiger partial charge >= 0.3 is 0 Å². The molecule has 1 unspecified atom stereocenters. The van der Waals surface area contributed by atoms with Gasteiger partial charge in [0, 0.05) is 37.0 Å². The number of amides is 1. The Labute approximate surface area is 114 Å². The summed E-state index contributed by atoms with van der Waals surface area (Å²) in [6, 6.07) is 2.09. The molecule has 2 rings (SSSR count). The van der Waals surface area contributed by atoms with Crippen LogP contribution >= 0.6 is 0 Å². The van der Waals surface area contributed by atoms with Crippen LogP contribution in [-0.2, 0) is 17.8 Å². The zero-order valence-corrected chi connectivity index (χ0v) is 12.3. The number of rotatable bonds is 3. The average Bonchev–Trinajstić information content (AvgIpc) is 2.55. The highest BCUT2D eigenvalue weighted by molar-refractivity contribution is 5.72. The first-order chi connectivity index (χ1) is 8.80. The highest BCUT2D eigenvalue weighted by Gasteiger charge is 2.33. The van der Waals surface area contributed by atoms with Crippen LogP contribution in [-0.4, -0.2) is 22.1 Å². The molecule has 0 fully saturated rings. The molecule has 0 bridgehead atoms. The maximum Gasteiger partial charge on any atom is 0.216 e. The predicted molar refractivity (Wildman–Crippen MR) is 74.9 cm³/mol. The molecule has 0 saturated carbocycles. The number of carbonyl (C=O) groups is 1. The van der Waals surface area contributed by atoms with E-state index in [0.717, 1.165) is 30.6 Å². The van der Waals surface area contributed by atoms with Crippen LogP contribution in [0.2, 0.25) is 0 Å². The van der Waals surface area contributed by atoms with Crippen molar-refractivity contribution >= 4 is 5.91 Å². The zero-order chi connectivity index (χ0) is 14.2. The van der Waals surface area contributed by atoms with E-state index in [9.17, 15) is 9.90 Å².